The molecule has 0 saturated carbocycles. The molecule has 0 aliphatic carbocycles. The number of benzene rings is 1. The molecule has 7 heteroatoms. The molecular weight excluding hydrogens is 330 g/mol. The third-order valence-corrected chi connectivity index (χ3v) is 5.19. The summed E-state index contributed by atoms with van der Waals surface area (Å²) in [4.78, 5) is 35.7. The second-order valence-electron chi connectivity index (χ2n) is 6.68. The summed E-state index contributed by atoms with van der Waals surface area (Å²) in [5, 5.41) is 8.95. The Balaban J connectivity index is 1.54. The number of carbonyl (C=O) groups excluding carboxylic acids is 1. The fraction of sp³-hybridized carbons (Fsp3) is 0.368. The van der Waals surface area contributed by atoms with Crippen LogP contribution in [0.15, 0.2) is 35.4 Å². The Morgan fingerprint density at radius 1 is 1.27 bits per heavy atom. The van der Waals surface area contributed by atoms with Crippen molar-refractivity contribution in [2.24, 2.45) is 0 Å². The Morgan fingerprint density at radius 2 is 2.08 bits per heavy atom. The predicted molar refractivity (Wildman–Crippen MR) is 95.5 cm³/mol. The minimum Gasteiger partial charge on any atom is -0.360 e. The van der Waals surface area contributed by atoms with Gasteiger partial charge in [-0.25, -0.2) is 4.98 Å². The molecule has 0 radical (unpaired) electrons. The number of hydrogen-bond donors (Lipinski definition) is 1. The Bertz CT molecular complexity index is 928. The highest BCUT2D eigenvalue weighted by molar-refractivity contribution is 5.86. The maximum Gasteiger partial charge on any atom is 0.254 e. The molecule has 1 aromatic carbocycles. The molecule has 3 heterocycles. The smallest absolute Gasteiger partial charge is 0.254 e. The molecule has 1 N–H and O–H groups in total. The van der Waals surface area contributed by atoms with Crippen molar-refractivity contribution in [3.63, 3.8) is 0 Å². The van der Waals surface area contributed by atoms with Crippen molar-refractivity contribution in [2.45, 2.75) is 31.8 Å². The van der Waals surface area contributed by atoms with E-state index in [1.807, 2.05) is 12.1 Å². The summed E-state index contributed by atoms with van der Waals surface area (Å²) < 4.78 is 0. The minimum absolute atomic E-state index is 0.0830. The summed E-state index contributed by atoms with van der Waals surface area (Å²) in [6, 6.07) is 9.27. The van der Waals surface area contributed by atoms with Gasteiger partial charge in [0, 0.05) is 24.3 Å². The van der Waals surface area contributed by atoms with Crippen LogP contribution in [-0.4, -0.2) is 39.9 Å². The molecule has 1 fully saturated rings. The second kappa shape index (κ2) is 6.64. The van der Waals surface area contributed by atoms with Crippen LogP contribution in [0.5, 0.6) is 0 Å². The van der Waals surface area contributed by atoms with Crippen molar-refractivity contribution in [1.29, 1.82) is 5.26 Å². The van der Waals surface area contributed by atoms with Gasteiger partial charge in [-0.2, -0.15) is 5.26 Å². The monoisotopic (exact) mass is 349 g/mol. The van der Waals surface area contributed by atoms with Crippen LogP contribution in [0.3, 0.4) is 0 Å². The van der Waals surface area contributed by atoms with E-state index in [1.54, 1.807) is 17.0 Å². The Kier molecular flexibility index (Phi) is 4.17. The average molecular weight is 349 g/mol. The number of amides is 1. The minimum atomic E-state index is -0.202. The van der Waals surface area contributed by atoms with Crippen molar-refractivity contribution in [2.75, 3.05) is 18.0 Å². The molecule has 7 nitrogen and oxygen atoms in total. The van der Waals surface area contributed by atoms with Gasteiger partial charge in [-0.1, -0.05) is 0 Å². The van der Waals surface area contributed by atoms with Crippen LogP contribution in [0.2, 0.25) is 0 Å². The number of nitrogens with one attached hydrogen (secondary N) is 1. The summed E-state index contributed by atoms with van der Waals surface area (Å²) in [5.41, 5.74) is 2.84. The van der Waals surface area contributed by atoms with Gasteiger partial charge >= 0.3 is 0 Å². The van der Waals surface area contributed by atoms with Crippen LogP contribution in [-0.2, 0) is 17.8 Å². The fourth-order valence-electron chi connectivity index (χ4n) is 3.82. The summed E-state index contributed by atoms with van der Waals surface area (Å²) in [6.07, 6.45) is 3.70. The number of fused-ring (bicyclic) bond motifs is 1. The summed E-state index contributed by atoms with van der Waals surface area (Å²) >= 11 is 0. The molecular formula is C19H19N5O2. The molecule has 4 rings (SSSR count). The van der Waals surface area contributed by atoms with Gasteiger partial charge < -0.3 is 14.8 Å². The quantitative estimate of drug-likeness (QED) is 0.879. The van der Waals surface area contributed by atoms with Crippen LogP contribution in [0.25, 0.3) is 0 Å². The maximum atomic E-state index is 13.1. The number of rotatable bonds is 2. The second-order valence-corrected chi connectivity index (χ2v) is 6.68. The van der Waals surface area contributed by atoms with E-state index in [0.29, 0.717) is 36.3 Å². The number of H-pyrrole nitrogens is 1. The van der Waals surface area contributed by atoms with E-state index >= 15 is 0 Å². The molecule has 0 spiro atoms. The lowest BCUT2D eigenvalue weighted by atomic mass is 10.0. The SMILES string of the molecule is N#Cc1ccc(N2CCCC2C(=O)N2CCc3c(nc[nH]c3=O)C2)cc1. The molecule has 2 aliphatic heterocycles. The molecule has 1 amide bonds. The fourth-order valence-corrected chi connectivity index (χ4v) is 3.82. The van der Waals surface area contributed by atoms with Gasteiger partial charge in [0.25, 0.3) is 5.56 Å². The highest BCUT2D eigenvalue weighted by Gasteiger charge is 2.35. The number of nitriles is 1. The van der Waals surface area contributed by atoms with Crippen molar-refractivity contribution < 1.29 is 4.79 Å². The molecule has 1 unspecified atom stereocenters. The third kappa shape index (κ3) is 2.84. The number of aromatic amines is 1. The summed E-state index contributed by atoms with van der Waals surface area (Å²) in [7, 11) is 0. The number of carbonyl (C=O) groups is 1. The van der Waals surface area contributed by atoms with Gasteiger partial charge in [-0.15, -0.1) is 0 Å². The van der Waals surface area contributed by atoms with Gasteiger partial charge in [-0.3, -0.25) is 9.59 Å². The standard InChI is InChI=1S/C19H19N5O2/c20-10-13-3-5-14(6-4-13)24-8-1-2-17(24)19(26)23-9-7-15-16(11-23)21-12-22-18(15)25/h3-6,12,17H,1-2,7-9,11H2,(H,21,22,25). The van der Waals surface area contributed by atoms with Gasteiger partial charge in [0.2, 0.25) is 5.91 Å². The average Bonchev–Trinajstić information content (AvgIpc) is 3.17. The lowest BCUT2D eigenvalue weighted by molar-refractivity contribution is -0.133. The largest absolute Gasteiger partial charge is 0.360 e. The third-order valence-electron chi connectivity index (χ3n) is 5.19. The summed E-state index contributed by atoms with van der Waals surface area (Å²) in [6.45, 7) is 1.75. The number of aromatic nitrogens is 2. The zero-order valence-corrected chi connectivity index (χ0v) is 14.3. The first-order chi connectivity index (χ1) is 12.7. The van der Waals surface area contributed by atoms with Crippen LogP contribution in [0, 0.1) is 11.3 Å². The van der Waals surface area contributed by atoms with E-state index in [0.717, 1.165) is 25.1 Å². The normalized spacial score (nSPS) is 19.1. The van der Waals surface area contributed by atoms with E-state index < -0.39 is 0 Å². The van der Waals surface area contributed by atoms with Gasteiger partial charge in [0.1, 0.15) is 6.04 Å². The topological polar surface area (TPSA) is 93.1 Å². The van der Waals surface area contributed by atoms with Gasteiger partial charge in [-0.05, 0) is 43.5 Å². The lowest BCUT2D eigenvalue weighted by Crippen LogP contribution is -2.48. The van der Waals surface area contributed by atoms with Crippen LogP contribution in [0.1, 0.15) is 29.7 Å². The molecule has 1 saturated heterocycles. The molecule has 2 aromatic rings. The van der Waals surface area contributed by atoms with E-state index in [1.165, 1.54) is 6.33 Å². The number of anilines is 1. The highest BCUT2D eigenvalue weighted by atomic mass is 16.2. The molecule has 26 heavy (non-hydrogen) atoms. The van der Waals surface area contributed by atoms with Crippen molar-refractivity contribution >= 4 is 11.6 Å². The van der Waals surface area contributed by atoms with E-state index in [2.05, 4.69) is 20.9 Å². The maximum absolute atomic E-state index is 13.1. The summed E-state index contributed by atoms with van der Waals surface area (Å²) in [5.74, 6) is 0.0830. The van der Waals surface area contributed by atoms with Crippen LogP contribution in [0.4, 0.5) is 5.69 Å². The Hall–Kier alpha value is -3.14. The van der Waals surface area contributed by atoms with Crippen molar-refractivity contribution in [1.82, 2.24) is 14.9 Å². The molecule has 0 bridgehead atoms. The molecule has 2 aliphatic rings. The van der Waals surface area contributed by atoms with E-state index in [9.17, 15) is 9.59 Å². The Labute approximate surface area is 150 Å². The predicted octanol–water partition coefficient (Wildman–Crippen LogP) is 1.20. The first kappa shape index (κ1) is 16.3. The van der Waals surface area contributed by atoms with Crippen molar-refractivity contribution in [3.05, 3.63) is 57.8 Å². The van der Waals surface area contributed by atoms with E-state index in [4.69, 9.17) is 5.26 Å². The van der Waals surface area contributed by atoms with Crippen LogP contribution >= 0.6 is 0 Å². The van der Waals surface area contributed by atoms with Gasteiger partial charge in [0.05, 0.1) is 30.2 Å². The number of nitrogens with zero attached hydrogens (tertiary/aromatic N) is 4. The zero-order valence-electron chi connectivity index (χ0n) is 14.3. The molecule has 1 atom stereocenters. The number of hydrogen-bond acceptors (Lipinski definition) is 5. The van der Waals surface area contributed by atoms with Crippen LogP contribution < -0.4 is 10.5 Å². The Morgan fingerprint density at radius 3 is 2.85 bits per heavy atom. The van der Waals surface area contributed by atoms with E-state index in [-0.39, 0.29) is 17.5 Å². The molecule has 132 valence electrons. The zero-order chi connectivity index (χ0) is 18.1. The first-order valence-electron chi connectivity index (χ1n) is 8.78. The first-order valence-corrected chi connectivity index (χ1v) is 8.78. The lowest BCUT2D eigenvalue weighted by Gasteiger charge is -2.33. The van der Waals surface area contributed by atoms with Gasteiger partial charge in [0.15, 0.2) is 0 Å². The van der Waals surface area contributed by atoms with Crippen molar-refractivity contribution in [3.8, 4) is 6.07 Å². The molecule has 1 aromatic heterocycles. The highest BCUT2D eigenvalue weighted by Crippen LogP contribution is 2.28.